The molecule has 0 unspecified atom stereocenters. The zero-order chi connectivity index (χ0) is 17.8. The zero-order valence-corrected chi connectivity index (χ0v) is 14.4. The van der Waals surface area contributed by atoms with Crippen molar-refractivity contribution in [3.63, 3.8) is 0 Å². The van der Waals surface area contributed by atoms with E-state index in [-0.39, 0.29) is 5.78 Å². The summed E-state index contributed by atoms with van der Waals surface area (Å²) in [6, 6.07) is 22.6. The van der Waals surface area contributed by atoms with E-state index in [1.807, 2.05) is 91.8 Å². The lowest BCUT2D eigenvalue weighted by Crippen LogP contribution is -2.13. The second kappa shape index (κ2) is 7.09. The third kappa shape index (κ3) is 3.63. The van der Waals surface area contributed by atoms with Gasteiger partial charge < -0.3 is 16.0 Å². The first kappa shape index (κ1) is 16.6. The fourth-order valence-corrected chi connectivity index (χ4v) is 2.66. The molecule has 0 heterocycles. The maximum Gasteiger partial charge on any atom is 0.193 e. The summed E-state index contributed by atoms with van der Waals surface area (Å²) in [6.45, 7) is 0. The van der Waals surface area contributed by atoms with Crippen LogP contribution in [0.1, 0.15) is 15.9 Å². The topological polar surface area (TPSA) is 58.4 Å². The van der Waals surface area contributed by atoms with E-state index in [1.165, 1.54) is 0 Å². The first-order chi connectivity index (χ1) is 12.1. The van der Waals surface area contributed by atoms with Gasteiger partial charge in [0, 0.05) is 25.2 Å². The second-order valence-electron chi connectivity index (χ2n) is 6.03. The molecule has 0 fully saturated rings. The molecule has 0 amide bonds. The van der Waals surface area contributed by atoms with Gasteiger partial charge in [0.15, 0.2) is 5.78 Å². The van der Waals surface area contributed by atoms with Crippen LogP contribution in [0.2, 0.25) is 0 Å². The highest BCUT2D eigenvalue weighted by Gasteiger charge is 2.13. The Morgan fingerprint density at radius 2 is 1.52 bits per heavy atom. The number of nitrogens with two attached hydrogens (primary N) is 1. The largest absolute Gasteiger partial charge is 0.397 e. The molecule has 0 aliphatic rings. The normalized spacial score (nSPS) is 10.3. The highest BCUT2D eigenvalue weighted by molar-refractivity contribution is 6.10. The molecule has 3 aromatic carbocycles. The molecule has 25 heavy (non-hydrogen) atoms. The molecule has 0 spiro atoms. The van der Waals surface area contributed by atoms with E-state index in [0.29, 0.717) is 16.8 Å². The van der Waals surface area contributed by atoms with Crippen molar-refractivity contribution in [2.24, 2.45) is 0 Å². The summed E-state index contributed by atoms with van der Waals surface area (Å²) in [4.78, 5) is 14.7. The molecular formula is C21H21N3O. The van der Waals surface area contributed by atoms with Gasteiger partial charge in [-0.2, -0.15) is 0 Å². The molecular weight excluding hydrogens is 310 g/mol. The van der Waals surface area contributed by atoms with E-state index in [0.717, 1.165) is 17.1 Å². The summed E-state index contributed by atoms with van der Waals surface area (Å²) < 4.78 is 0. The number of carbonyl (C=O) groups excluding carboxylic acids is 1. The standard InChI is InChI=1S/C21H21N3O/c1-24(2)20-14-16(21(25)15-8-4-3-5-9-15)12-13-19(20)23-18-11-7-6-10-17(18)22/h3-14,23H,22H2,1-2H3. The van der Waals surface area contributed by atoms with Crippen LogP contribution in [0, 0.1) is 0 Å². The van der Waals surface area contributed by atoms with Crippen molar-refractivity contribution in [3.8, 4) is 0 Å². The molecule has 3 N–H and O–H groups in total. The van der Waals surface area contributed by atoms with Crippen LogP contribution in [-0.2, 0) is 0 Å². The van der Waals surface area contributed by atoms with Crippen molar-refractivity contribution >= 4 is 28.5 Å². The smallest absolute Gasteiger partial charge is 0.193 e. The summed E-state index contributed by atoms with van der Waals surface area (Å²) in [5.74, 6) is 0.00877. The number of ketones is 1. The number of para-hydroxylation sites is 2. The summed E-state index contributed by atoms with van der Waals surface area (Å²) >= 11 is 0. The van der Waals surface area contributed by atoms with Crippen LogP contribution in [0.15, 0.2) is 72.8 Å². The van der Waals surface area contributed by atoms with Gasteiger partial charge in [0.2, 0.25) is 0 Å². The van der Waals surface area contributed by atoms with E-state index < -0.39 is 0 Å². The van der Waals surface area contributed by atoms with Crippen LogP contribution in [0.5, 0.6) is 0 Å². The third-order valence-electron chi connectivity index (χ3n) is 4.01. The number of carbonyl (C=O) groups is 1. The molecule has 0 aromatic heterocycles. The number of nitrogen functional groups attached to an aromatic ring is 1. The Balaban J connectivity index is 1.96. The fraction of sp³-hybridized carbons (Fsp3) is 0.0952. The molecule has 4 heteroatoms. The molecule has 0 bridgehead atoms. The van der Waals surface area contributed by atoms with Crippen LogP contribution < -0.4 is 16.0 Å². The van der Waals surface area contributed by atoms with Gasteiger partial charge >= 0.3 is 0 Å². The molecule has 0 aliphatic carbocycles. The molecule has 0 atom stereocenters. The van der Waals surface area contributed by atoms with Crippen LogP contribution in [0.4, 0.5) is 22.7 Å². The first-order valence-electron chi connectivity index (χ1n) is 8.09. The quantitative estimate of drug-likeness (QED) is 0.540. The molecule has 0 radical (unpaired) electrons. The molecule has 4 nitrogen and oxygen atoms in total. The minimum absolute atomic E-state index is 0.00877. The van der Waals surface area contributed by atoms with Crippen molar-refractivity contribution in [3.05, 3.63) is 83.9 Å². The second-order valence-corrected chi connectivity index (χ2v) is 6.03. The molecule has 3 rings (SSSR count). The van der Waals surface area contributed by atoms with Gasteiger partial charge in [-0.05, 0) is 30.3 Å². The number of benzene rings is 3. The van der Waals surface area contributed by atoms with E-state index in [9.17, 15) is 4.79 Å². The van der Waals surface area contributed by atoms with Crippen molar-refractivity contribution < 1.29 is 4.79 Å². The van der Waals surface area contributed by atoms with E-state index in [1.54, 1.807) is 0 Å². The number of anilines is 4. The van der Waals surface area contributed by atoms with Gasteiger partial charge in [0.05, 0.1) is 22.7 Å². The van der Waals surface area contributed by atoms with E-state index in [2.05, 4.69) is 5.32 Å². The maximum atomic E-state index is 12.7. The summed E-state index contributed by atoms with van der Waals surface area (Å²) in [5, 5.41) is 3.35. The fourth-order valence-electron chi connectivity index (χ4n) is 2.66. The van der Waals surface area contributed by atoms with E-state index >= 15 is 0 Å². The lowest BCUT2D eigenvalue weighted by molar-refractivity contribution is 0.103. The van der Waals surface area contributed by atoms with Crippen molar-refractivity contribution in [2.45, 2.75) is 0 Å². The Morgan fingerprint density at radius 1 is 0.840 bits per heavy atom. The third-order valence-corrected chi connectivity index (χ3v) is 4.01. The zero-order valence-electron chi connectivity index (χ0n) is 14.4. The Labute approximate surface area is 147 Å². The highest BCUT2D eigenvalue weighted by Crippen LogP contribution is 2.31. The first-order valence-corrected chi connectivity index (χ1v) is 8.09. The minimum atomic E-state index is 0.00877. The van der Waals surface area contributed by atoms with Gasteiger partial charge in [0.25, 0.3) is 0 Å². The van der Waals surface area contributed by atoms with E-state index in [4.69, 9.17) is 5.73 Å². The number of hydrogen-bond acceptors (Lipinski definition) is 4. The van der Waals surface area contributed by atoms with Crippen molar-refractivity contribution in [1.82, 2.24) is 0 Å². The summed E-state index contributed by atoms with van der Waals surface area (Å²) in [6.07, 6.45) is 0. The predicted molar refractivity (Wildman–Crippen MR) is 105 cm³/mol. The summed E-state index contributed by atoms with van der Waals surface area (Å²) in [7, 11) is 3.90. The Kier molecular flexibility index (Phi) is 4.70. The SMILES string of the molecule is CN(C)c1cc(C(=O)c2ccccc2)ccc1Nc1ccccc1N. The predicted octanol–water partition coefficient (Wildman–Crippen LogP) is 4.31. The van der Waals surface area contributed by atoms with Crippen LogP contribution in [0.25, 0.3) is 0 Å². The monoisotopic (exact) mass is 331 g/mol. The van der Waals surface area contributed by atoms with Crippen LogP contribution >= 0.6 is 0 Å². The average Bonchev–Trinajstić information content (AvgIpc) is 2.64. The van der Waals surface area contributed by atoms with Crippen molar-refractivity contribution in [1.29, 1.82) is 0 Å². The molecule has 126 valence electrons. The van der Waals surface area contributed by atoms with Crippen LogP contribution in [-0.4, -0.2) is 19.9 Å². The molecule has 3 aromatic rings. The maximum absolute atomic E-state index is 12.7. The summed E-state index contributed by atoms with van der Waals surface area (Å²) in [5.41, 5.74) is 10.7. The Morgan fingerprint density at radius 3 is 2.20 bits per heavy atom. The molecule has 0 saturated carbocycles. The van der Waals surface area contributed by atoms with Gasteiger partial charge in [-0.3, -0.25) is 4.79 Å². The highest BCUT2D eigenvalue weighted by atomic mass is 16.1. The Bertz CT molecular complexity index is 889. The van der Waals surface area contributed by atoms with Crippen LogP contribution in [0.3, 0.4) is 0 Å². The minimum Gasteiger partial charge on any atom is -0.397 e. The number of hydrogen-bond donors (Lipinski definition) is 2. The lowest BCUT2D eigenvalue weighted by Gasteiger charge is -2.20. The number of nitrogens with zero attached hydrogens (tertiary/aromatic N) is 1. The molecule has 0 aliphatic heterocycles. The van der Waals surface area contributed by atoms with Gasteiger partial charge in [-0.15, -0.1) is 0 Å². The molecule has 0 saturated heterocycles. The number of rotatable bonds is 5. The number of nitrogens with one attached hydrogen (secondary N) is 1. The van der Waals surface area contributed by atoms with Gasteiger partial charge in [0.1, 0.15) is 0 Å². The van der Waals surface area contributed by atoms with Gasteiger partial charge in [-0.1, -0.05) is 42.5 Å². The Hall–Kier alpha value is -3.27. The lowest BCUT2D eigenvalue weighted by atomic mass is 10.0. The average molecular weight is 331 g/mol. The van der Waals surface area contributed by atoms with Crippen molar-refractivity contribution in [2.75, 3.05) is 30.0 Å². The van der Waals surface area contributed by atoms with Gasteiger partial charge in [-0.25, -0.2) is 0 Å².